The molecule has 0 radical (unpaired) electrons. The third-order valence-corrected chi connectivity index (χ3v) is 7.19. The van der Waals surface area contributed by atoms with Crippen LogP contribution in [-0.4, -0.2) is 39.9 Å². The fourth-order valence-corrected chi connectivity index (χ4v) is 6.08. The van der Waals surface area contributed by atoms with Crippen LogP contribution in [0.15, 0.2) is 0 Å². The van der Waals surface area contributed by atoms with Crippen LogP contribution in [0.4, 0.5) is 15.1 Å². The van der Waals surface area contributed by atoms with Crippen molar-refractivity contribution in [1.82, 2.24) is 20.6 Å². The second-order valence-electron chi connectivity index (χ2n) is 7.64. The highest BCUT2D eigenvalue weighted by Crippen LogP contribution is 2.31. The Labute approximate surface area is 182 Å². The van der Waals surface area contributed by atoms with Gasteiger partial charge in [-0.3, -0.25) is 9.59 Å². The lowest BCUT2D eigenvalue weighted by Crippen LogP contribution is -2.49. The Bertz CT molecular complexity index is 909. The number of hydrogen-bond acceptors (Lipinski definition) is 7. The van der Waals surface area contributed by atoms with Crippen LogP contribution in [0.5, 0.6) is 0 Å². The minimum absolute atomic E-state index is 0.0528. The standard InChI is InChI=1S/C19H24N6O3S2/c1-9(26)20-18-24-13-5-3-11(7-15(13)29-18)22-17(28)23-12-4-6-14-16(8-12)30-19(25-14)21-10(2)27/h11-12H,3-8H2,1-2H3,(H,20,24,26)(H,21,25,27)(H2,22,23,28)/t11-,12?/m1/s1. The number of nitrogens with one attached hydrogen (secondary N) is 4. The Hall–Kier alpha value is -2.53. The maximum Gasteiger partial charge on any atom is 0.315 e. The molecule has 0 fully saturated rings. The minimum atomic E-state index is -0.157. The molecule has 0 saturated heterocycles. The predicted molar refractivity (Wildman–Crippen MR) is 116 cm³/mol. The van der Waals surface area contributed by atoms with Gasteiger partial charge in [0.1, 0.15) is 0 Å². The SMILES string of the molecule is CC(=O)Nc1nc2c(s1)CC(NC(=O)N[C@@H]1CCc3nc(NC(C)=O)sc3C1)CC2. The van der Waals surface area contributed by atoms with E-state index in [0.29, 0.717) is 10.3 Å². The van der Waals surface area contributed by atoms with Crippen molar-refractivity contribution < 1.29 is 14.4 Å². The maximum atomic E-state index is 12.5. The van der Waals surface area contributed by atoms with Gasteiger partial charge < -0.3 is 21.3 Å². The summed E-state index contributed by atoms with van der Waals surface area (Å²) in [5, 5.41) is 12.9. The summed E-state index contributed by atoms with van der Waals surface area (Å²) in [4.78, 5) is 46.2. The molecule has 2 atom stereocenters. The highest BCUT2D eigenvalue weighted by Gasteiger charge is 2.27. The molecule has 4 N–H and O–H groups in total. The number of rotatable bonds is 4. The molecule has 0 spiro atoms. The smallest absolute Gasteiger partial charge is 0.315 e. The van der Waals surface area contributed by atoms with E-state index in [1.807, 2.05) is 0 Å². The Morgan fingerprint density at radius 2 is 1.23 bits per heavy atom. The maximum absolute atomic E-state index is 12.5. The predicted octanol–water partition coefficient (Wildman–Crippen LogP) is 2.23. The number of amides is 4. The Morgan fingerprint density at radius 3 is 1.63 bits per heavy atom. The van der Waals surface area contributed by atoms with E-state index in [4.69, 9.17) is 0 Å². The highest BCUT2D eigenvalue weighted by atomic mass is 32.1. The molecule has 2 heterocycles. The summed E-state index contributed by atoms with van der Waals surface area (Å²) in [6, 6.07) is -0.0517. The first-order chi connectivity index (χ1) is 14.4. The molecule has 0 aliphatic heterocycles. The van der Waals surface area contributed by atoms with Gasteiger partial charge in [0.25, 0.3) is 0 Å². The van der Waals surface area contributed by atoms with Crippen LogP contribution in [0.2, 0.25) is 0 Å². The van der Waals surface area contributed by atoms with E-state index < -0.39 is 0 Å². The van der Waals surface area contributed by atoms with E-state index in [1.165, 1.54) is 36.5 Å². The molecule has 4 rings (SSSR count). The van der Waals surface area contributed by atoms with Gasteiger partial charge >= 0.3 is 6.03 Å². The number of carbonyl (C=O) groups excluding carboxylic acids is 3. The largest absolute Gasteiger partial charge is 0.335 e. The summed E-state index contributed by atoms with van der Waals surface area (Å²) >= 11 is 2.96. The minimum Gasteiger partial charge on any atom is -0.335 e. The molecular formula is C19H24N6O3S2. The van der Waals surface area contributed by atoms with Crippen LogP contribution >= 0.6 is 22.7 Å². The van der Waals surface area contributed by atoms with Crippen LogP contribution in [0.3, 0.4) is 0 Å². The zero-order valence-corrected chi connectivity index (χ0v) is 18.5. The van der Waals surface area contributed by atoms with E-state index in [9.17, 15) is 14.4 Å². The first kappa shape index (κ1) is 20.7. The molecule has 4 amide bonds. The molecule has 2 aliphatic carbocycles. The van der Waals surface area contributed by atoms with Gasteiger partial charge in [-0.2, -0.15) is 0 Å². The molecule has 2 aliphatic rings. The number of anilines is 2. The lowest BCUT2D eigenvalue weighted by atomic mass is 9.97. The first-order valence-electron chi connectivity index (χ1n) is 9.95. The second kappa shape index (κ2) is 8.68. The number of hydrogen-bond donors (Lipinski definition) is 4. The Morgan fingerprint density at radius 1 is 0.800 bits per heavy atom. The summed E-state index contributed by atoms with van der Waals surface area (Å²) in [5.74, 6) is -0.258. The average molecular weight is 449 g/mol. The Balaban J connectivity index is 1.29. The summed E-state index contributed by atoms with van der Waals surface area (Å²) in [6.45, 7) is 2.94. The van der Waals surface area contributed by atoms with Gasteiger partial charge in [-0.05, 0) is 25.7 Å². The van der Waals surface area contributed by atoms with Crippen LogP contribution in [0.1, 0.15) is 47.8 Å². The lowest BCUT2D eigenvalue weighted by molar-refractivity contribution is -0.115. The molecule has 160 valence electrons. The van der Waals surface area contributed by atoms with Crippen LogP contribution < -0.4 is 21.3 Å². The van der Waals surface area contributed by atoms with Crippen molar-refractivity contribution in [3.8, 4) is 0 Å². The number of thiazole rings is 2. The van der Waals surface area contributed by atoms with E-state index >= 15 is 0 Å². The molecule has 9 nitrogen and oxygen atoms in total. The third-order valence-electron chi connectivity index (χ3n) is 5.12. The number of carbonyl (C=O) groups is 3. The topological polar surface area (TPSA) is 125 Å². The summed E-state index contributed by atoms with van der Waals surface area (Å²) in [7, 11) is 0. The molecule has 11 heteroatoms. The van der Waals surface area contributed by atoms with Crippen molar-refractivity contribution in [2.75, 3.05) is 10.6 Å². The third kappa shape index (κ3) is 4.96. The van der Waals surface area contributed by atoms with Crippen molar-refractivity contribution >= 4 is 50.8 Å². The highest BCUT2D eigenvalue weighted by molar-refractivity contribution is 7.16. The second-order valence-corrected chi connectivity index (χ2v) is 9.80. The molecule has 30 heavy (non-hydrogen) atoms. The Kier molecular flexibility index (Phi) is 6.00. The van der Waals surface area contributed by atoms with Crippen molar-refractivity contribution in [2.45, 2.75) is 64.5 Å². The van der Waals surface area contributed by atoms with E-state index in [0.717, 1.165) is 59.7 Å². The van der Waals surface area contributed by atoms with Gasteiger partial charge in [0.15, 0.2) is 10.3 Å². The number of aromatic nitrogens is 2. The number of aryl methyl sites for hydroxylation is 2. The van der Waals surface area contributed by atoms with Crippen molar-refractivity contribution in [3.05, 3.63) is 21.1 Å². The van der Waals surface area contributed by atoms with Gasteiger partial charge in [0.05, 0.1) is 11.4 Å². The van der Waals surface area contributed by atoms with Crippen LogP contribution in [0, 0.1) is 0 Å². The van der Waals surface area contributed by atoms with Crippen molar-refractivity contribution in [2.24, 2.45) is 0 Å². The zero-order chi connectivity index (χ0) is 21.3. The normalized spacial score (nSPS) is 19.9. The lowest BCUT2D eigenvalue weighted by Gasteiger charge is -2.26. The van der Waals surface area contributed by atoms with Gasteiger partial charge in [-0.15, -0.1) is 22.7 Å². The number of nitrogens with zero attached hydrogens (tertiary/aromatic N) is 2. The van der Waals surface area contributed by atoms with Gasteiger partial charge in [0, 0.05) is 48.5 Å². The summed E-state index contributed by atoms with van der Waals surface area (Å²) in [6.07, 6.45) is 4.68. The van der Waals surface area contributed by atoms with Gasteiger partial charge in [-0.1, -0.05) is 0 Å². The summed E-state index contributed by atoms with van der Waals surface area (Å²) < 4.78 is 0. The number of urea groups is 1. The quantitative estimate of drug-likeness (QED) is 0.571. The van der Waals surface area contributed by atoms with Crippen LogP contribution in [-0.2, 0) is 35.3 Å². The fraction of sp³-hybridized carbons (Fsp3) is 0.526. The molecule has 2 aromatic rings. The molecule has 1 unspecified atom stereocenters. The average Bonchev–Trinajstić information content (AvgIpc) is 3.22. The van der Waals surface area contributed by atoms with E-state index in [2.05, 4.69) is 31.2 Å². The molecule has 2 aromatic heterocycles. The molecular weight excluding hydrogens is 424 g/mol. The summed E-state index contributed by atoms with van der Waals surface area (Å²) in [5.41, 5.74) is 2.03. The monoisotopic (exact) mass is 448 g/mol. The van der Waals surface area contributed by atoms with Crippen molar-refractivity contribution in [1.29, 1.82) is 0 Å². The van der Waals surface area contributed by atoms with Gasteiger partial charge in [0.2, 0.25) is 11.8 Å². The number of fused-ring (bicyclic) bond motifs is 2. The van der Waals surface area contributed by atoms with Crippen molar-refractivity contribution in [3.63, 3.8) is 0 Å². The zero-order valence-electron chi connectivity index (χ0n) is 16.8. The van der Waals surface area contributed by atoms with Crippen LogP contribution in [0.25, 0.3) is 0 Å². The van der Waals surface area contributed by atoms with Gasteiger partial charge in [-0.25, -0.2) is 14.8 Å². The fourth-order valence-electron chi connectivity index (χ4n) is 3.82. The van der Waals surface area contributed by atoms with E-state index in [1.54, 1.807) is 0 Å². The molecule has 0 bridgehead atoms. The van der Waals surface area contributed by atoms with E-state index in [-0.39, 0.29) is 29.9 Å². The first-order valence-corrected chi connectivity index (χ1v) is 11.6. The molecule has 0 aromatic carbocycles. The molecule has 0 saturated carbocycles.